The first-order valence-electron chi connectivity index (χ1n) is 5.64. The molecule has 0 aromatic heterocycles. The van der Waals surface area contributed by atoms with Crippen LogP contribution in [-0.2, 0) is 0 Å². The fourth-order valence-corrected chi connectivity index (χ4v) is 2.13. The normalized spacial score (nSPS) is 20.0. The van der Waals surface area contributed by atoms with Crippen molar-refractivity contribution in [3.63, 3.8) is 0 Å². The average molecular weight is 257 g/mol. The Morgan fingerprint density at radius 3 is 3.06 bits per heavy atom. The summed E-state index contributed by atoms with van der Waals surface area (Å²) in [6.07, 6.45) is 1.97. The molecule has 1 aliphatic heterocycles. The molecule has 0 unspecified atom stereocenters. The van der Waals surface area contributed by atoms with Crippen LogP contribution in [0, 0.1) is 5.82 Å². The standard InChI is InChI=1S/C12H14ClFN2O/c13-11-9(4-1-5-10(11)14)12(17)16-8-3-2-6-15-7-8/h1,4-5,8,15H,2-3,6-7H2,(H,16,17)/t8-/m1/s1. The van der Waals surface area contributed by atoms with Crippen LogP contribution >= 0.6 is 11.6 Å². The van der Waals surface area contributed by atoms with Gasteiger partial charge in [-0.25, -0.2) is 4.39 Å². The summed E-state index contributed by atoms with van der Waals surface area (Å²) >= 11 is 5.75. The summed E-state index contributed by atoms with van der Waals surface area (Å²) in [5, 5.41) is 5.93. The summed E-state index contributed by atoms with van der Waals surface area (Å²) in [4.78, 5) is 11.9. The van der Waals surface area contributed by atoms with E-state index in [4.69, 9.17) is 11.6 Å². The SMILES string of the molecule is O=C(N[C@@H]1CCCNC1)c1cccc(F)c1Cl. The van der Waals surface area contributed by atoms with Crippen LogP contribution in [0.1, 0.15) is 23.2 Å². The largest absolute Gasteiger partial charge is 0.348 e. The van der Waals surface area contributed by atoms with Gasteiger partial charge in [0.1, 0.15) is 5.82 Å². The fourth-order valence-electron chi connectivity index (χ4n) is 1.92. The van der Waals surface area contributed by atoms with Crippen molar-refractivity contribution in [2.45, 2.75) is 18.9 Å². The maximum Gasteiger partial charge on any atom is 0.253 e. The number of piperidine rings is 1. The lowest BCUT2D eigenvalue weighted by atomic mass is 10.1. The van der Waals surface area contributed by atoms with Crippen molar-refractivity contribution in [2.24, 2.45) is 0 Å². The van der Waals surface area contributed by atoms with Crippen molar-refractivity contribution in [3.05, 3.63) is 34.6 Å². The number of nitrogens with one attached hydrogen (secondary N) is 2. The maximum absolute atomic E-state index is 13.2. The molecule has 1 aromatic rings. The third-order valence-electron chi connectivity index (χ3n) is 2.83. The van der Waals surface area contributed by atoms with Crippen LogP contribution in [0.15, 0.2) is 18.2 Å². The van der Waals surface area contributed by atoms with E-state index in [1.807, 2.05) is 0 Å². The molecule has 2 rings (SSSR count). The van der Waals surface area contributed by atoms with Gasteiger partial charge >= 0.3 is 0 Å². The molecule has 0 radical (unpaired) electrons. The molecule has 3 nitrogen and oxygen atoms in total. The van der Waals surface area contributed by atoms with Crippen molar-refractivity contribution in [2.75, 3.05) is 13.1 Å². The van der Waals surface area contributed by atoms with Gasteiger partial charge in [-0.2, -0.15) is 0 Å². The Morgan fingerprint density at radius 1 is 1.53 bits per heavy atom. The van der Waals surface area contributed by atoms with Crippen LogP contribution in [0.3, 0.4) is 0 Å². The van der Waals surface area contributed by atoms with Crippen LogP contribution in [-0.4, -0.2) is 25.0 Å². The summed E-state index contributed by atoms with van der Waals surface area (Å²) in [5.41, 5.74) is 0.192. The highest BCUT2D eigenvalue weighted by Crippen LogP contribution is 2.19. The van der Waals surface area contributed by atoms with Crippen molar-refractivity contribution in [1.29, 1.82) is 0 Å². The van der Waals surface area contributed by atoms with Crippen LogP contribution in [0.2, 0.25) is 5.02 Å². The molecule has 1 aliphatic rings. The lowest BCUT2D eigenvalue weighted by Gasteiger charge is -2.23. The van der Waals surface area contributed by atoms with E-state index in [1.165, 1.54) is 18.2 Å². The van der Waals surface area contributed by atoms with Crippen molar-refractivity contribution >= 4 is 17.5 Å². The molecule has 0 saturated carbocycles. The van der Waals surface area contributed by atoms with Gasteiger partial charge in [0.15, 0.2) is 0 Å². The molecule has 1 fully saturated rings. The van der Waals surface area contributed by atoms with Gasteiger partial charge < -0.3 is 10.6 Å². The summed E-state index contributed by atoms with van der Waals surface area (Å²) in [7, 11) is 0. The van der Waals surface area contributed by atoms with Crippen LogP contribution in [0.25, 0.3) is 0 Å². The number of amides is 1. The van der Waals surface area contributed by atoms with Gasteiger partial charge in [0.2, 0.25) is 0 Å². The highest BCUT2D eigenvalue weighted by molar-refractivity contribution is 6.34. The number of halogens is 2. The zero-order valence-corrected chi connectivity index (χ0v) is 10.1. The Kier molecular flexibility index (Phi) is 3.97. The molecule has 1 heterocycles. The van der Waals surface area contributed by atoms with E-state index >= 15 is 0 Å². The van der Waals surface area contributed by atoms with Gasteiger partial charge in [-0.1, -0.05) is 17.7 Å². The minimum Gasteiger partial charge on any atom is -0.348 e. The lowest BCUT2D eigenvalue weighted by molar-refractivity contribution is 0.0930. The monoisotopic (exact) mass is 256 g/mol. The molecule has 1 saturated heterocycles. The van der Waals surface area contributed by atoms with Gasteiger partial charge in [-0.05, 0) is 31.5 Å². The van der Waals surface area contributed by atoms with Gasteiger partial charge in [-0.3, -0.25) is 4.79 Å². The first-order chi connectivity index (χ1) is 8.18. The van der Waals surface area contributed by atoms with E-state index in [0.717, 1.165) is 25.9 Å². The zero-order valence-electron chi connectivity index (χ0n) is 9.30. The number of hydrogen-bond donors (Lipinski definition) is 2. The second-order valence-corrected chi connectivity index (χ2v) is 4.50. The lowest BCUT2D eigenvalue weighted by Crippen LogP contribution is -2.45. The summed E-state index contributed by atoms with van der Waals surface area (Å²) < 4.78 is 13.2. The van der Waals surface area contributed by atoms with E-state index < -0.39 is 5.82 Å². The van der Waals surface area contributed by atoms with Gasteiger partial charge in [-0.15, -0.1) is 0 Å². The Morgan fingerprint density at radius 2 is 2.35 bits per heavy atom. The van der Waals surface area contributed by atoms with Crippen molar-refractivity contribution < 1.29 is 9.18 Å². The van der Waals surface area contributed by atoms with Crippen molar-refractivity contribution in [3.8, 4) is 0 Å². The molecular formula is C12H14ClFN2O. The Bertz CT molecular complexity index is 419. The van der Waals surface area contributed by atoms with E-state index in [0.29, 0.717) is 0 Å². The zero-order chi connectivity index (χ0) is 12.3. The first-order valence-corrected chi connectivity index (χ1v) is 6.02. The van der Waals surface area contributed by atoms with Crippen LogP contribution in [0.4, 0.5) is 4.39 Å². The number of hydrogen-bond acceptors (Lipinski definition) is 2. The second-order valence-electron chi connectivity index (χ2n) is 4.12. The maximum atomic E-state index is 13.2. The topological polar surface area (TPSA) is 41.1 Å². The molecule has 2 N–H and O–H groups in total. The molecule has 1 atom stereocenters. The third kappa shape index (κ3) is 2.96. The minimum atomic E-state index is -0.568. The second kappa shape index (κ2) is 5.47. The summed E-state index contributed by atoms with van der Waals surface area (Å²) in [6.45, 7) is 1.73. The molecule has 1 aromatic carbocycles. The van der Waals surface area contributed by atoms with Crippen molar-refractivity contribution in [1.82, 2.24) is 10.6 Å². The molecule has 92 valence electrons. The molecule has 0 aliphatic carbocycles. The quantitative estimate of drug-likeness (QED) is 0.849. The number of carbonyl (C=O) groups excluding carboxylic acids is 1. The molecule has 5 heteroatoms. The smallest absolute Gasteiger partial charge is 0.253 e. The van der Waals surface area contributed by atoms with Crippen LogP contribution in [0.5, 0.6) is 0 Å². The minimum absolute atomic E-state index is 0.0931. The Hall–Kier alpha value is -1.13. The molecule has 1 amide bonds. The number of benzene rings is 1. The van der Waals surface area contributed by atoms with E-state index in [1.54, 1.807) is 0 Å². The van der Waals surface area contributed by atoms with E-state index in [9.17, 15) is 9.18 Å². The number of rotatable bonds is 2. The first kappa shape index (κ1) is 12.3. The highest BCUT2D eigenvalue weighted by atomic mass is 35.5. The predicted molar refractivity (Wildman–Crippen MR) is 64.8 cm³/mol. The predicted octanol–water partition coefficient (Wildman–Crippen LogP) is 1.96. The van der Waals surface area contributed by atoms with E-state index in [2.05, 4.69) is 10.6 Å². The van der Waals surface area contributed by atoms with Crippen LogP contribution < -0.4 is 10.6 Å². The fraction of sp³-hybridized carbons (Fsp3) is 0.417. The molecular weight excluding hydrogens is 243 g/mol. The molecule has 0 bridgehead atoms. The summed E-state index contributed by atoms with van der Waals surface area (Å²) in [6, 6.07) is 4.34. The van der Waals surface area contributed by atoms with E-state index in [-0.39, 0.29) is 22.5 Å². The average Bonchev–Trinajstić information content (AvgIpc) is 2.34. The van der Waals surface area contributed by atoms with Gasteiger partial charge in [0.05, 0.1) is 10.6 Å². The Labute approximate surface area is 104 Å². The summed E-state index contributed by atoms with van der Waals surface area (Å²) in [5.74, 6) is -0.885. The molecule has 17 heavy (non-hydrogen) atoms. The number of carbonyl (C=O) groups is 1. The Balaban J connectivity index is 2.06. The van der Waals surface area contributed by atoms with Gasteiger partial charge in [0, 0.05) is 12.6 Å². The molecule has 0 spiro atoms. The third-order valence-corrected chi connectivity index (χ3v) is 3.21. The van der Waals surface area contributed by atoms with Gasteiger partial charge in [0.25, 0.3) is 5.91 Å². The highest BCUT2D eigenvalue weighted by Gasteiger charge is 2.18.